The van der Waals surface area contributed by atoms with E-state index >= 15 is 0 Å². The average Bonchev–Trinajstić information content (AvgIpc) is 3.17. The third-order valence-corrected chi connectivity index (χ3v) is 3.10. The number of nitrogens with one attached hydrogen (secondary N) is 2. The molecule has 0 saturated carbocycles. The van der Waals surface area contributed by atoms with Gasteiger partial charge >= 0.3 is 5.76 Å². The van der Waals surface area contributed by atoms with Crippen LogP contribution in [-0.4, -0.2) is 31.0 Å². The number of amides is 1. The Balaban J connectivity index is 1.74. The molecule has 0 fully saturated rings. The maximum Gasteiger partial charge on any atom is 0.438 e. The third kappa shape index (κ3) is 3.11. The van der Waals surface area contributed by atoms with Crippen molar-refractivity contribution in [2.75, 3.05) is 0 Å². The topological polar surface area (TPSA) is 119 Å². The maximum absolute atomic E-state index is 13.9. The molecule has 11 heteroatoms. The van der Waals surface area contributed by atoms with Gasteiger partial charge in [-0.15, -0.1) is 5.10 Å². The Morgan fingerprint density at radius 2 is 2.30 bits per heavy atom. The minimum atomic E-state index is -0.725. The van der Waals surface area contributed by atoms with Crippen molar-refractivity contribution in [3.05, 3.63) is 57.3 Å². The quantitative estimate of drug-likeness (QED) is 0.721. The summed E-state index contributed by atoms with van der Waals surface area (Å²) in [4.78, 5) is 25.0. The molecular weight excluding hydrogens is 331 g/mol. The van der Waals surface area contributed by atoms with E-state index in [1.807, 2.05) is 0 Å². The van der Waals surface area contributed by atoms with Crippen LogP contribution in [-0.2, 0) is 6.54 Å². The number of nitrogens with zero attached hydrogens (tertiary/aromatic N) is 4. The fraction of sp³-hybridized carbons (Fsp3) is 0.0833. The number of aromatic nitrogens is 5. The molecule has 0 saturated heterocycles. The summed E-state index contributed by atoms with van der Waals surface area (Å²) >= 11 is 5.69. The molecule has 3 aromatic rings. The highest BCUT2D eigenvalue weighted by Crippen LogP contribution is 2.20. The average molecular weight is 339 g/mol. The summed E-state index contributed by atoms with van der Waals surface area (Å²) in [6.07, 6.45) is 1.25. The van der Waals surface area contributed by atoms with Crippen LogP contribution in [0.1, 0.15) is 16.3 Å². The minimum absolute atomic E-state index is 0.0461. The number of hydrogen-bond acceptors (Lipinski definition) is 6. The van der Waals surface area contributed by atoms with E-state index in [9.17, 15) is 14.0 Å². The summed E-state index contributed by atoms with van der Waals surface area (Å²) in [7, 11) is 0. The Morgan fingerprint density at radius 1 is 1.48 bits per heavy atom. The first-order valence-electron chi connectivity index (χ1n) is 6.24. The molecule has 0 atom stereocenters. The Hall–Kier alpha value is -3.01. The largest absolute Gasteiger partial charge is 0.438 e. The molecule has 23 heavy (non-hydrogen) atoms. The van der Waals surface area contributed by atoms with Gasteiger partial charge in [-0.3, -0.25) is 14.3 Å². The standard InChI is InChI=1S/C12H8ClFN6O3/c13-6-2-1-3-8(10(6)14)20-5-7(17-19-20)11(21)15-4-9-16-12(22)23-18-9/h1-3,5H,4H2,(H,15,21)(H,16,18,22). The van der Waals surface area contributed by atoms with Crippen molar-refractivity contribution < 1.29 is 13.7 Å². The lowest BCUT2D eigenvalue weighted by atomic mass is 10.3. The first-order chi connectivity index (χ1) is 11.0. The number of H-pyrrole nitrogens is 1. The third-order valence-electron chi connectivity index (χ3n) is 2.81. The molecule has 0 aliphatic carbocycles. The van der Waals surface area contributed by atoms with Crippen molar-refractivity contribution in [2.24, 2.45) is 0 Å². The molecular formula is C12H8ClFN6O3. The van der Waals surface area contributed by atoms with E-state index in [1.165, 1.54) is 18.3 Å². The first kappa shape index (κ1) is 14.9. The van der Waals surface area contributed by atoms with Crippen molar-refractivity contribution in [1.82, 2.24) is 30.5 Å². The predicted molar refractivity (Wildman–Crippen MR) is 74.6 cm³/mol. The van der Waals surface area contributed by atoms with Crippen molar-refractivity contribution >= 4 is 17.5 Å². The lowest BCUT2D eigenvalue weighted by Gasteiger charge is -2.02. The first-order valence-corrected chi connectivity index (χ1v) is 6.62. The summed E-state index contributed by atoms with van der Waals surface area (Å²) < 4.78 is 19.3. The SMILES string of the molecule is O=C(NCc1noc(=O)[nH]1)c1cn(-c2cccc(Cl)c2F)nn1. The summed E-state index contributed by atoms with van der Waals surface area (Å²) in [5.41, 5.74) is 0.0140. The Bertz CT molecular complexity index is 917. The number of benzene rings is 1. The van der Waals surface area contributed by atoms with Gasteiger partial charge in [0.15, 0.2) is 17.3 Å². The summed E-state index contributed by atoms with van der Waals surface area (Å²) in [5, 5.41) is 13.1. The summed E-state index contributed by atoms with van der Waals surface area (Å²) in [5.74, 6) is -1.83. The zero-order valence-corrected chi connectivity index (χ0v) is 12.0. The molecule has 1 amide bonds. The van der Waals surface area contributed by atoms with Gasteiger partial charge in [-0.1, -0.05) is 28.0 Å². The highest BCUT2D eigenvalue weighted by Gasteiger charge is 2.15. The molecule has 2 aromatic heterocycles. The molecule has 3 rings (SSSR count). The van der Waals surface area contributed by atoms with Crippen molar-refractivity contribution in [2.45, 2.75) is 6.54 Å². The molecule has 0 aliphatic heterocycles. The highest BCUT2D eigenvalue weighted by molar-refractivity contribution is 6.30. The van der Waals surface area contributed by atoms with Crippen LogP contribution in [0.15, 0.2) is 33.7 Å². The van der Waals surface area contributed by atoms with Gasteiger partial charge < -0.3 is 5.32 Å². The Kier molecular flexibility index (Phi) is 3.89. The minimum Gasteiger partial charge on any atom is -0.343 e. The predicted octanol–water partition coefficient (Wildman–Crippen LogP) is 0.666. The Labute approximate surface area is 132 Å². The molecule has 2 N–H and O–H groups in total. The van der Waals surface area contributed by atoms with Gasteiger partial charge in [0.2, 0.25) is 0 Å². The highest BCUT2D eigenvalue weighted by atomic mass is 35.5. The van der Waals surface area contributed by atoms with Gasteiger partial charge in [0.25, 0.3) is 5.91 Å². The second-order valence-corrected chi connectivity index (χ2v) is 4.75. The van der Waals surface area contributed by atoms with Gasteiger partial charge in [0.1, 0.15) is 5.69 Å². The molecule has 118 valence electrons. The monoisotopic (exact) mass is 338 g/mol. The molecule has 2 heterocycles. The van der Waals surface area contributed by atoms with Gasteiger partial charge in [0.05, 0.1) is 17.8 Å². The van der Waals surface area contributed by atoms with Crippen LogP contribution in [0.4, 0.5) is 4.39 Å². The number of halogens is 2. The van der Waals surface area contributed by atoms with E-state index in [2.05, 4.69) is 30.3 Å². The van der Waals surface area contributed by atoms with Gasteiger partial charge in [0, 0.05) is 0 Å². The second-order valence-electron chi connectivity index (χ2n) is 4.35. The number of carbonyl (C=O) groups is 1. The number of rotatable bonds is 4. The van der Waals surface area contributed by atoms with Gasteiger partial charge in [-0.05, 0) is 12.1 Å². The lowest BCUT2D eigenvalue weighted by Crippen LogP contribution is -2.24. The summed E-state index contributed by atoms with van der Waals surface area (Å²) in [6, 6.07) is 4.38. The lowest BCUT2D eigenvalue weighted by molar-refractivity contribution is 0.0944. The van der Waals surface area contributed by atoms with Crippen LogP contribution in [0.25, 0.3) is 5.69 Å². The van der Waals surface area contributed by atoms with E-state index < -0.39 is 17.5 Å². The normalized spacial score (nSPS) is 10.7. The Morgan fingerprint density at radius 3 is 3.04 bits per heavy atom. The zero-order valence-electron chi connectivity index (χ0n) is 11.3. The van der Waals surface area contributed by atoms with Crippen LogP contribution in [0.3, 0.4) is 0 Å². The molecule has 0 bridgehead atoms. The zero-order chi connectivity index (χ0) is 16.4. The fourth-order valence-electron chi connectivity index (χ4n) is 1.75. The van der Waals surface area contributed by atoms with Gasteiger partial charge in [-0.25, -0.2) is 13.9 Å². The van der Waals surface area contributed by atoms with E-state index in [0.29, 0.717) is 0 Å². The van der Waals surface area contributed by atoms with E-state index in [0.717, 1.165) is 4.68 Å². The van der Waals surface area contributed by atoms with Crippen LogP contribution >= 0.6 is 11.6 Å². The van der Waals surface area contributed by atoms with Crippen molar-refractivity contribution in [3.63, 3.8) is 0 Å². The van der Waals surface area contributed by atoms with Crippen LogP contribution in [0.5, 0.6) is 0 Å². The molecule has 9 nitrogen and oxygen atoms in total. The van der Waals surface area contributed by atoms with Crippen LogP contribution < -0.4 is 11.1 Å². The van der Waals surface area contributed by atoms with E-state index in [-0.39, 0.29) is 28.8 Å². The fourth-order valence-corrected chi connectivity index (χ4v) is 1.92. The molecule has 0 unspecified atom stereocenters. The van der Waals surface area contributed by atoms with Crippen LogP contribution in [0.2, 0.25) is 5.02 Å². The number of hydrogen-bond donors (Lipinski definition) is 2. The van der Waals surface area contributed by atoms with Crippen molar-refractivity contribution in [3.8, 4) is 5.69 Å². The molecule has 0 aliphatic rings. The van der Waals surface area contributed by atoms with E-state index in [1.54, 1.807) is 6.07 Å². The molecule has 0 radical (unpaired) electrons. The maximum atomic E-state index is 13.9. The smallest absolute Gasteiger partial charge is 0.343 e. The number of aromatic amines is 1. The second kappa shape index (κ2) is 6.01. The molecule has 0 spiro atoms. The number of carbonyl (C=O) groups excluding carboxylic acids is 1. The van der Waals surface area contributed by atoms with Crippen molar-refractivity contribution in [1.29, 1.82) is 0 Å². The van der Waals surface area contributed by atoms with Crippen LogP contribution in [0, 0.1) is 5.82 Å². The van der Waals surface area contributed by atoms with E-state index in [4.69, 9.17) is 11.6 Å². The molecule has 1 aromatic carbocycles. The summed E-state index contributed by atoms with van der Waals surface area (Å²) in [6.45, 7) is -0.0665. The van der Waals surface area contributed by atoms with Gasteiger partial charge in [-0.2, -0.15) is 0 Å².